The summed E-state index contributed by atoms with van der Waals surface area (Å²) >= 11 is 0. The van der Waals surface area contributed by atoms with Crippen LogP contribution in [0, 0.1) is 6.92 Å². The third-order valence-electron chi connectivity index (χ3n) is 3.38. The molecule has 0 aliphatic carbocycles. The van der Waals surface area contributed by atoms with Gasteiger partial charge >= 0.3 is 5.97 Å². The fraction of sp³-hybridized carbons (Fsp3) is 0.643. The molecule has 6 nitrogen and oxygen atoms in total. The van der Waals surface area contributed by atoms with Crippen molar-refractivity contribution in [2.45, 2.75) is 39.0 Å². The number of carboxylic acids is 1. The minimum absolute atomic E-state index is 0.0231. The summed E-state index contributed by atoms with van der Waals surface area (Å²) in [7, 11) is 0. The average molecular weight is 283 g/mol. The maximum atomic E-state index is 10.9. The third kappa shape index (κ3) is 3.39. The van der Waals surface area contributed by atoms with Crippen LogP contribution in [0.1, 0.15) is 35.7 Å². The number of morpholine rings is 1. The molecule has 2 heterocycles. The normalized spacial score (nSPS) is 22.9. The van der Waals surface area contributed by atoms with Gasteiger partial charge in [0.2, 0.25) is 5.76 Å². The molecule has 0 bridgehead atoms. The minimum Gasteiger partial charge on any atom is -0.475 e. The molecule has 2 N–H and O–H groups in total. The molecule has 1 aromatic heterocycles. The van der Waals surface area contributed by atoms with Gasteiger partial charge < -0.3 is 19.4 Å². The predicted molar refractivity (Wildman–Crippen MR) is 71.7 cm³/mol. The van der Waals surface area contributed by atoms with Gasteiger partial charge in [0.25, 0.3) is 0 Å². The molecule has 2 rings (SSSR count). The number of aromatic carboxylic acids is 1. The van der Waals surface area contributed by atoms with Crippen molar-refractivity contribution in [2.24, 2.45) is 0 Å². The lowest BCUT2D eigenvalue weighted by atomic mass is 10.0. The van der Waals surface area contributed by atoms with Gasteiger partial charge in [0.05, 0.1) is 18.3 Å². The standard InChI is InChI=1S/C14H21NO5/c1-9-10(4-12(19-9)13(17)18)5-15-6-11(7-16)20-14(2,3)8-15/h4,11,16H,5-8H2,1-3H3,(H,17,18). The molecule has 20 heavy (non-hydrogen) atoms. The first-order valence-electron chi connectivity index (χ1n) is 6.64. The number of ether oxygens (including phenoxy) is 1. The van der Waals surface area contributed by atoms with Gasteiger partial charge in [-0.1, -0.05) is 0 Å². The molecule has 0 aromatic carbocycles. The first-order chi connectivity index (χ1) is 9.30. The Hall–Kier alpha value is -1.37. The topological polar surface area (TPSA) is 83.1 Å². The second-order valence-corrected chi connectivity index (χ2v) is 5.85. The van der Waals surface area contributed by atoms with E-state index < -0.39 is 5.97 Å². The van der Waals surface area contributed by atoms with Crippen molar-refractivity contribution < 1.29 is 24.2 Å². The first-order valence-corrected chi connectivity index (χ1v) is 6.64. The summed E-state index contributed by atoms with van der Waals surface area (Å²) in [5, 5.41) is 18.2. The van der Waals surface area contributed by atoms with E-state index in [-0.39, 0.29) is 24.1 Å². The molecular formula is C14H21NO5. The van der Waals surface area contributed by atoms with Gasteiger partial charge in [-0.05, 0) is 26.8 Å². The first kappa shape index (κ1) is 15.0. The molecule has 6 heteroatoms. The smallest absolute Gasteiger partial charge is 0.371 e. The SMILES string of the molecule is Cc1oc(C(=O)O)cc1CN1CC(CO)OC(C)(C)C1. The number of aryl methyl sites for hydroxylation is 1. The predicted octanol–water partition coefficient (Wildman–Crippen LogP) is 1.26. The van der Waals surface area contributed by atoms with E-state index in [0.29, 0.717) is 18.8 Å². The van der Waals surface area contributed by atoms with E-state index in [4.69, 9.17) is 14.3 Å². The molecule has 1 aromatic rings. The average Bonchev–Trinajstić information content (AvgIpc) is 2.69. The van der Waals surface area contributed by atoms with Crippen LogP contribution in [0.2, 0.25) is 0 Å². The molecule has 0 saturated carbocycles. The third-order valence-corrected chi connectivity index (χ3v) is 3.38. The van der Waals surface area contributed by atoms with Crippen LogP contribution in [0.25, 0.3) is 0 Å². The van der Waals surface area contributed by atoms with Crippen LogP contribution in [0.5, 0.6) is 0 Å². The Balaban J connectivity index is 2.10. The lowest BCUT2D eigenvalue weighted by molar-refractivity contribution is -0.150. The highest BCUT2D eigenvalue weighted by Gasteiger charge is 2.33. The lowest BCUT2D eigenvalue weighted by Gasteiger charge is -2.42. The van der Waals surface area contributed by atoms with Crippen molar-refractivity contribution in [3.63, 3.8) is 0 Å². The van der Waals surface area contributed by atoms with Gasteiger partial charge in [0, 0.05) is 25.2 Å². The van der Waals surface area contributed by atoms with E-state index >= 15 is 0 Å². The summed E-state index contributed by atoms with van der Waals surface area (Å²) in [5.74, 6) is -0.481. The maximum absolute atomic E-state index is 10.9. The molecule has 1 aliphatic heterocycles. The number of carbonyl (C=O) groups is 1. The zero-order chi connectivity index (χ0) is 14.9. The second-order valence-electron chi connectivity index (χ2n) is 5.85. The summed E-state index contributed by atoms with van der Waals surface area (Å²) in [6.45, 7) is 7.62. The second kappa shape index (κ2) is 5.55. The quantitative estimate of drug-likeness (QED) is 0.865. The van der Waals surface area contributed by atoms with Crippen LogP contribution in [0.15, 0.2) is 10.5 Å². The number of aliphatic hydroxyl groups excluding tert-OH is 1. The fourth-order valence-corrected chi connectivity index (χ4v) is 2.66. The van der Waals surface area contributed by atoms with E-state index in [9.17, 15) is 9.90 Å². The molecule has 1 unspecified atom stereocenters. The van der Waals surface area contributed by atoms with Crippen LogP contribution in [0.3, 0.4) is 0 Å². The van der Waals surface area contributed by atoms with E-state index in [2.05, 4.69) is 4.90 Å². The van der Waals surface area contributed by atoms with Crippen molar-refractivity contribution >= 4 is 5.97 Å². The maximum Gasteiger partial charge on any atom is 0.371 e. The minimum atomic E-state index is -1.06. The van der Waals surface area contributed by atoms with Gasteiger partial charge in [0.1, 0.15) is 5.76 Å². The van der Waals surface area contributed by atoms with Crippen molar-refractivity contribution in [2.75, 3.05) is 19.7 Å². The summed E-state index contributed by atoms with van der Waals surface area (Å²) in [6, 6.07) is 1.56. The van der Waals surface area contributed by atoms with E-state index in [1.165, 1.54) is 0 Å². The summed E-state index contributed by atoms with van der Waals surface area (Å²) in [4.78, 5) is 13.0. The molecule has 1 aliphatic rings. The Labute approximate surface area is 117 Å². The van der Waals surface area contributed by atoms with E-state index in [1.54, 1.807) is 13.0 Å². The van der Waals surface area contributed by atoms with Gasteiger partial charge in [-0.2, -0.15) is 0 Å². The number of hydrogen-bond acceptors (Lipinski definition) is 5. The Kier molecular flexibility index (Phi) is 4.17. The molecule has 1 atom stereocenters. The zero-order valence-corrected chi connectivity index (χ0v) is 12.0. The summed E-state index contributed by atoms with van der Waals surface area (Å²) in [5.41, 5.74) is 0.524. The number of aliphatic hydroxyl groups is 1. The van der Waals surface area contributed by atoms with Crippen LogP contribution >= 0.6 is 0 Å². The Bertz CT molecular complexity index is 494. The fourth-order valence-electron chi connectivity index (χ4n) is 2.66. The Morgan fingerprint density at radius 2 is 2.25 bits per heavy atom. The summed E-state index contributed by atoms with van der Waals surface area (Å²) in [6.07, 6.45) is -0.218. The van der Waals surface area contributed by atoms with Gasteiger partial charge in [0.15, 0.2) is 0 Å². The molecule has 0 amide bonds. The van der Waals surface area contributed by atoms with Crippen LogP contribution in [-0.2, 0) is 11.3 Å². The Morgan fingerprint density at radius 3 is 2.80 bits per heavy atom. The molecule has 1 saturated heterocycles. The number of hydrogen-bond donors (Lipinski definition) is 2. The van der Waals surface area contributed by atoms with E-state index in [1.807, 2.05) is 13.8 Å². The van der Waals surface area contributed by atoms with Crippen LogP contribution < -0.4 is 0 Å². The number of furan rings is 1. The van der Waals surface area contributed by atoms with Gasteiger partial charge in [-0.15, -0.1) is 0 Å². The monoisotopic (exact) mass is 283 g/mol. The molecule has 0 spiro atoms. The van der Waals surface area contributed by atoms with E-state index in [0.717, 1.165) is 12.1 Å². The highest BCUT2D eigenvalue weighted by Crippen LogP contribution is 2.24. The summed E-state index contributed by atoms with van der Waals surface area (Å²) < 4.78 is 11.0. The van der Waals surface area contributed by atoms with Gasteiger partial charge in [-0.3, -0.25) is 4.90 Å². The van der Waals surface area contributed by atoms with Crippen molar-refractivity contribution in [1.82, 2.24) is 4.90 Å². The highest BCUT2D eigenvalue weighted by atomic mass is 16.5. The molecular weight excluding hydrogens is 262 g/mol. The molecule has 1 fully saturated rings. The highest BCUT2D eigenvalue weighted by molar-refractivity contribution is 5.84. The largest absolute Gasteiger partial charge is 0.475 e. The number of carboxylic acid groups (broad SMARTS) is 1. The van der Waals surface area contributed by atoms with Crippen molar-refractivity contribution in [3.8, 4) is 0 Å². The molecule has 112 valence electrons. The number of nitrogens with zero attached hydrogens (tertiary/aromatic N) is 1. The molecule has 0 radical (unpaired) electrons. The van der Waals surface area contributed by atoms with Crippen LogP contribution in [0.4, 0.5) is 0 Å². The van der Waals surface area contributed by atoms with Crippen molar-refractivity contribution in [3.05, 3.63) is 23.2 Å². The lowest BCUT2D eigenvalue weighted by Crippen LogP contribution is -2.53. The Morgan fingerprint density at radius 1 is 1.55 bits per heavy atom. The zero-order valence-electron chi connectivity index (χ0n) is 12.0. The van der Waals surface area contributed by atoms with Gasteiger partial charge in [-0.25, -0.2) is 4.79 Å². The number of rotatable bonds is 4. The van der Waals surface area contributed by atoms with Crippen LogP contribution in [-0.4, -0.2) is 52.5 Å². The van der Waals surface area contributed by atoms with Crippen molar-refractivity contribution in [1.29, 1.82) is 0 Å².